The van der Waals surface area contributed by atoms with Crippen molar-refractivity contribution in [3.8, 4) is 5.88 Å². The third-order valence-electron chi connectivity index (χ3n) is 1.73. The normalized spacial score (nSPS) is 20.2. The molecule has 1 aliphatic heterocycles. The maximum absolute atomic E-state index is 11.2. The van der Waals surface area contributed by atoms with E-state index in [1.807, 2.05) is 0 Å². The summed E-state index contributed by atoms with van der Waals surface area (Å²) >= 11 is 5.69. The topological polar surface area (TPSA) is 51.2 Å². The summed E-state index contributed by atoms with van der Waals surface area (Å²) in [7, 11) is 0. The number of carbonyl (C=O) groups excluding carboxylic acids is 1. The van der Waals surface area contributed by atoms with E-state index in [2.05, 4.69) is 10.3 Å². The second kappa shape index (κ2) is 2.88. The average molecular weight is 199 g/mol. The van der Waals surface area contributed by atoms with Gasteiger partial charge in [-0.1, -0.05) is 11.6 Å². The fourth-order valence-electron chi connectivity index (χ4n) is 1.07. The molecule has 0 fully saturated rings. The van der Waals surface area contributed by atoms with Gasteiger partial charge in [-0.15, -0.1) is 0 Å². The second-order valence-corrected chi connectivity index (χ2v) is 3.19. The Bertz CT molecular complexity index is 367. The van der Waals surface area contributed by atoms with Crippen LogP contribution in [0.4, 0.5) is 5.69 Å². The van der Waals surface area contributed by atoms with Crippen LogP contribution in [0.1, 0.15) is 6.92 Å². The predicted molar refractivity (Wildman–Crippen MR) is 48.0 cm³/mol. The summed E-state index contributed by atoms with van der Waals surface area (Å²) in [6.07, 6.45) is 0.978. The Labute approximate surface area is 79.9 Å². The zero-order valence-corrected chi connectivity index (χ0v) is 7.63. The molecule has 0 saturated carbocycles. The van der Waals surface area contributed by atoms with Crippen LogP contribution in [0.3, 0.4) is 0 Å². The highest BCUT2D eigenvalue weighted by Crippen LogP contribution is 2.28. The van der Waals surface area contributed by atoms with Crippen molar-refractivity contribution in [1.82, 2.24) is 4.98 Å². The van der Waals surface area contributed by atoms with E-state index in [4.69, 9.17) is 16.3 Å². The number of anilines is 1. The molecule has 1 amide bonds. The molecule has 68 valence electrons. The van der Waals surface area contributed by atoms with Crippen LogP contribution in [-0.4, -0.2) is 17.0 Å². The first-order valence-electron chi connectivity index (χ1n) is 3.80. The van der Waals surface area contributed by atoms with Crippen molar-refractivity contribution in [3.05, 3.63) is 17.3 Å². The lowest BCUT2D eigenvalue weighted by atomic mass is 10.3. The summed E-state index contributed by atoms with van der Waals surface area (Å²) in [5.41, 5.74) is 0.524. The largest absolute Gasteiger partial charge is 0.463 e. The van der Waals surface area contributed by atoms with E-state index in [-0.39, 0.29) is 5.91 Å². The highest BCUT2D eigenvalue weighted by molar-refractivity contribution is 6.30. The lowest BCUT2D eigenvalue weighted by molar-refractivity contribution is -0.122. The molecule has 0 bridgehead atoms. The van der Waals surface area contributed by atoms with Gasteiger partial charge in [0, 0.05) is 6.20 Å². The minimum absolute atomic E-state index is 0.184. The van der Waals surface area contributed by atoms with Gasteiger partial charge in [0.15, 0.2) is 6.10 Å². The van der Waals surface area contributed by atoms with Crippen molar-refractivity contribution in [3.63, 3.8) is 0 Å². The van der Waals surface area contributed by atoms with Crippen molar-refractivity contribution in [2.75, 3.05) is 5.32 Å². The third kappa shape index (κ3) is 1.45. The number of amides is 1. The number of ether oxygens (including phenoxy) is 1. The van der Waals surface area contributed by atoms with Crippen molar-refractivity contribution in [1.29, 1.82) is 0 Å². The molecule has 0 aliphatic carbocycles. The van der Waals surface area contributed by atoms with Gasteiger partial charge in [0.25, 0.3) is 5.91 Å². The van der Waals surface area contributed by atoms with E-state index in [1.165, 1.54) is 6.20 Å². The number of rotatable bonds is 0. The van der Waals surface area contributed by atoms with Crippen molar-refractivity contribution in [2.45, 2.75) is 13.0 Å². The minimum Gasteiger partial charge on any atom is -0.463 e. The van der Waals surface area contributed by atoms with Crippen LogP contribution in [-0.2, 0) is 4.79 Å². The molecule has 5 heteroatoms. The van der Waals surface area contributed by atoms with Gasteiger partial charge in [0.05, 0.1) is 5.02 Å². The van der Waals surface area contributed by atoms with E-state index in [9.17, 15) is 4.79 Å². The molecule has 1 aromatic heterocycles. The number of nitrogens with zero attached hydrogens (tertiary/aromatic N) is 1. The molecular weight excluding hydrogens is 192 g/mol. The minimum atomic E-state index is -0.499. The molecule has 2 rings (SSSR count). The second-order valence-electron chi connectivity index (χ2n) is 2.76. The summed E-state index contributed by atoms with van der Waals surface area (Å²) in [6, 6.07) is 1.60. The van der Waals surface area contributed by atoms with Crippen LogP contribution in [0.15, 0.2) is 12.3 Å². The summed E-state index contributed by atoms with van der Waals surface area (Å²) in [5, 5.41) is 3.11. The molecule has 13 heavy (non-hydrogen) atoms. The van der Waals surface area contributed by atoms with Crippen molar-refractivity contribution in [2.24, 2.45) is 0 Å². The molecular formula is C8H7ClN2O2. The average Bonchev–Trinajstić information content (AvgIpc) is 2.08. The van der Waals surface area contributed by atoms with Crippen LogP contribution < -0.4 is 10.1 Å². The van der Waals surface area contributed by atoms with Gasteiger partial charge in [-0.25, -0.2) is 4.98 Å². The van der Waals surface area contributed by atoms with Gasteiger partial charge in [0.2, 0.25) is 5.88 Å². The van der Waals surface area contributed by atoms with Gasteiger partial charge in [-0.3, -0.25) is 4.79 Å². The number of hydrogen-bond donors (Lipinski definition) is 1. The van der Waals surface area contributed by atoms with Gasteiger partial charge in [-0.2, -0.15) is 0 Å². The molecule has 0 spiro atoms. The number of fused-ring (bicyclic) bond motifs is 1. The van der Waals surface area contributed by atoms with E-state index < -0.39 is 6.10 Å². The van der Waals surface area contributed by atoms with Crippen molar-refractivity contribution < 1.29 is 9.53 Å². The van der Waals surface area contributed by atoms with Gasteiger partial charge >= 0.3 is 0 Å². The number of carbonyl (C=O) groups is 1. The third-order valence-corrected chi connectivity index (χ3v) is 1.94. The van der Waals surface area contributed by atoms with Gasteiger partial charge in [0.1, 0.15) is 5.69 Å². The molecule has 1 N–H and O–H groups in total. The molecule has 0 radical (unpaired) electrons. The molecule has 1 aromatic rings. The zero-order valence-electron chi connectivity index (χ0n) is 6.87. The molecule has 2 heterocycles. The summed E-state index contributed by atoms with van der Waals surface area (Å²) in [4.78, 5) is 15.1. The Morgan fingerprint density at radius 3 is 3.23 bits per heavy atom. The molecule has 0 unspecified atom stereocenters. The fraction of sp³-hybridized carbons (Fsp3) is 0.250. The van der Waals surface area contributed by atoms with Gasteiger partial charge in [-0.05, 0) is 13.0 Å². The maximum atomic E-state index is 11.2. The SMILES string of the molecule is C[C@H]1Oc2ncc(Cl)cc2NC1=O. The first-order valence-corrected chi connectivity index (χ1v) is 4.17. The maximum Gasteiger partial charge on any atom is 0.265 e. The number of hydrogen-bond acceptors (Lipinski definition) is 3. The molecule has 1 aliphatic rings. The summed E-state index contributed by atoms with van der Waals surface area (Å²) in [6.45, 7) is 1.66. The monoisotopic (exact) mass is 198 g/mol. The first kappa shape index (κ1) is 8.31. The number of pyridine rings is 1. The predicted octanol–water partition coefficient (Wildman–Crippen LogP) is 1.45. The van der Waals surface area contributed by atoms with Crippen LogP contribution in [0, 0.1) is 0 Å². The van der Waals surface area contributed by atoms with E-state index >= 15 is 0 Å². The smallest absolute Gasteiger partial charge is 0.265 e. The zero-order chi connectivity index (χ0) is 9.42. The van der Waals surface area contributed by atoms with E-state index in [0.29, 0.717) is 16.6 Å². The fourth-order valence-corrected chi connectivity index (χ4v) is 1.22. The Kier molecular flexibility index (Phi) is 1.84. The van der Waals surface area contributed by atoms with Crippen LogP contribution in [0.25, 0.3) is 0 Å². The lowest BCUT2D eigenvalue weighted by Gasteiger charge is -2.21. The van der Waals surface area contributed by atoms with Crippen LogP contribution in [0.5, 0.6) is 5.88 Å². The molecule has 4 nitrogen and oxygen atoms in total. The van der Waals surface area contributed by atoms with Crippen molar-refractivity contribution >= 4 is 23.2 Å². The lowest BCUT2D eigenvalue weighted by Crippen LogP contribution is -2.34. The van der Waals surface area contributed by atoms with Crippen LogP contribution in [0.2, 0.25) is 5.02 Å². The Hall–Kier alpha value is -1.29. The Balaban J connectivity index is 2.42. The molecule has 0 aromatic carbocycles. The molecule has 0 saturated heterocycles. The van der Waals surface area contributed by atoms with Crippen LogP contribution >= 0.6 is 11.6 Å². The number of halogens is 1. The standard InChI is InChI=1S/C8H7ClN2O2/c1-4-7(12)11-6-2-5(9)3-10-8(6)13-4/h2-4H,1H3,(H,11,12)/t4-/m1/s1. The Morgan fingerprint density at radius 2 is 2.46 bits per heavy atom. The number of aromatic nitrogens is 1. The first-order chi connectivity index (χ1) is 6.16. The highest BCUT2D eigenvalue weighted by atomic mass is 35.5. The number of nitrogens with one attached hydrogen (secondary N) is 1. The summed E-state index contributed by atoms with van der Waals surface area (Å²) in [5.74, 6) is 0.230. The molecule has 1 atom stereocenters. The Morgan fingerprint density at radius 1 is 1.69 bits per heavy atom. The summed E-state index contributed by atoms with van der Waals surface area (Å²) < 4.78 is 5.22. The van der Waals surface area contributed by atoms with Gasteiger partial charge < -0.3 is 10.1 Å². The van der Waals surface area contributed by atoms with E-state index in [0.717, 1.165) is 0 Å². The quantitative estimate of drug-likeness (QED) is 0.687. The van der Waals surface area contributed by atoms with E-state index in [1.54, 1.807) is 13.0 Å². The highest BCUT2D eigenvalue weighted by Gasteiger charge is 2.24.